The third-order valence-corrected chi connectivity index (χ3v) is 5.79. The van der Waals surface area contributed by atoms with Crippen LogP contribution in [0.25, 0.3) is 0 Å². The molecule has 0 saturated carbocycles. The number of hydrogen-bond donors (Lipinski definition) is 0. The standard InChI is InChI=1S/C26H32O7/c1-6-21(29-15-17-7-11-19(27-4)12-8-17)22-23(24-25(31-22)33-26(2,3)32-24)30-16-18-9-13-20(28-5)14-10-18/h6-14,21-25H,1,15-16H2,2-5H3/t21-,22+,23-,24+,25+/m0/s1. The molecule has 2 aromatic rings. The van der Waals surface area contributed by atoms with Gasteiger partial charge >= 0.3 is 0 Å². The van der Waals surface area contributed by atoms with Crippen LogP contribution in [0.3, 0.4) is 0 Å². The normalized spacial score (nSPS) is 26.5. The highest BCUT2D eigenvalue weighted by Crippen LogP contribution is 2.40. The molecule has 2 aromatic carbocycles. The maximum absolute atomic E-state index is 6.33. The van der Waals surface area contributed by atoms with Gasteiger partial charge in [0.2, 0.25) is 0 Å². The maximum atomic E-state index is 6.33. The van der Waals surface area contributed by atoms with Crippen molar-refractivity contribution < 1.29 is 33.2 Å². The molecule has 0 unspecified atom stereocenters. The summed E-state index contributed by atoms with van der Waals surface area (Å²) in [5.74, 6) is 0.860. The van der Waals surface area contributed by atoms with Crippen LogP contribution >= 0.6 is 0 Å². The van der Waals surface area contributed by atoms with Gasteiger partial charge in [0.15, 0.2) is 12.1 Å². The van der Waals surface area contributed by atoms with E-state index in [2.05, 4.69) is 6.58 Å². The molecule has 2 aliphatic heterocycles. The van der Waals surface area contributed by atoms with E-state index in [1.165, 1.54) is 0 Å². The van der Waals surface area contributed by atoms with E-state index in [0.29, 0.717) is 13.2 Å². The van der Waals surface area contributed by atoms with Gasteiger partial charge in [0.25, 0.3) is 0 Å². The average Bonchev–Trinajstić information content (AvgIpc) is 3.30. The second-order valence-corrected chi connectivity index (χ2v) is 8.55. The molecule has 178 valence electrons. The lowest BCUT2D eigenvalue weighted by Crippen LogP contribution is -2.43. The molecule has 0 bridgehead atoms. The number of ether oxygens (including phenoxy) is 7. The smallest absolute Gasteiger partial charge is 0.190 e. The molecule has 2 saturated heterocycles. The Kier molecular flexibility index (Phi) is 7.36. The van der Waals surface area contributed by atoms with E-state index in [0.717, 1.165) is 22.6 Å². The number of benzene rings is 2. The second kappa shape index (κ2) is 10.2. The first-order valence-corrected chi connectivity index (χ1v) is 11.0. The Morgan fingerprint density at radius 2 is 1.48 bits per heavy atom. The minimum atomic E-state index is -0.740. The van der Waals surface area contributed by atoms with E-state index in [-0.39, 0.29) is 6.10 Å². The molecule has 0 radical (unpaired) electrons. The summed E-state index contributed by atoms with van der Waals surface area (Å²) in [7, 11) is 3.29. The first kappa shape index (κ1) is 23.7. The largest absolute Gasteiger partial charge is 0.497 e. The summed E-state index contributed by atoms with van der Waals surface area (Å²) in [4.78, 5) is 0. The van der Waals surface area contributed by atoms with E-state index < -0.39 is 30.4 Å². The van der Waals surface area contributed by atoms with Crippen LogP contribution in [-0.2, 0) is 36.9 Å². The summed E-state index contributed by atoms with van der Waals surface area (Å²) in [5.41, 5.74) is 2.04. The molecule has 0 spiro atoms. The zero-order valence-electron chi connectivity index (χ0n) is 19.6. The van der Waals surface area contributed by atoms with Crippen molar-refractivity contribution in [3.05, 3.63) is 72.3 Å². The molecule has 0 N–H and O–H groups in total. The number of methoxy groups -OCH3 is 2. The van der Waals surface area contributed by atoms with Crippen LogP contribution in [0.15, 0.2) is 61.2 Å². The summed E-state index contributed by atoms with van der Waals surface area (Å²) in [6.45, 7) is 8.49. The summed E-state index contributed by atoms with van der Waals surface area (Å²) in [6, 6.07) is 15.5. The van der Waals surface area contributed by atoms with Crippen molar-refractivity contribution in [2.24, 2.45) is 0 Å². The highest BCUT2D eigenvalue weighted by Gasteiger charge is 2.57. The van der Waals surface area contributed by atoms with Crippen molar-refractivity contribution in [3.8, 4) is 11.5 Å². The number of fused-ring (bicyclic) bond motifs is 1. The molecule has 0 amide bonds. The fourth-order valence-electron chi connectivity index (χ4n) is 4.08. The highest BCUT2D eigenvalue weighted by molar-refractivity contribution is 5.27. The number of rotatable bonds is 10. The minimum Gasteiger partial charge on any atom is -0.497 e. The maximum Gasteiger partial charge on any atom is 0.190 e. The van der Waals surface area contributed by atoms with Gasteiger partial charge in [-0.05, 0) is 49.2 Å². The van der Waals surface area contributed by atoms with E-state index in [1.807, 2.05) is 62.4 Å². The van der Waals surface area contributed by atoms with Gasteiger partial charge in [-0.15, -0.1) is 6.58 Å². The van der Waals surface area contributed by atoms with Crippen LogP contribution in [0, 0.1) is 0 Å². The predicted molar refractivity (Wildman–Crippen MR) is 122 cm³/mol. The van der Waals surface area contributed by atoms with Crippen molar-refractivity contribution >= 4 is 0 Å². The lowest BCUT2D eigenvalue weighted by molar-refractivity contribution is -0.230. The predicted octanol–water partition coefficient (Wildman–Crippen LogP) is 4.24. The first-order valence-electron chi connectivity index (χ1n) is 11.0. The van der Waals surface area contributed by atoms with Gasteiger partial charge in [-0.3, -0.25) is 0 Å². The molecule has 2 heterocycles. The molecule has 7 heteroatoms. The highest BCUT2D eigenvalue weighted by atomic mass is 16.8. The average molecular weight is 457 g/mol. The van der Waals surface area contributed by atoms with Gasteiger partial charge < -0.3 is 33.2 Å². The van der Waals surface area contributed by atoms with Crippen LogP contribution in [0.1, 0.15) is 25.0 Å². The van der Waals surface area contributed by atoms with Gasteiger partial charge in [0.05, 0.1) is 27.4 Å². The lowest BCUT2D eigenvalue weighted by atomic mass is 10.0. The van der Waals surface area contributed by atoms with Gasteiger partial charge in [0, 0.05) is 0 Å². The molecule has 0 aliphatic carbocycles. The molecular formula is C26H32O7. The Morgan fingerprint density at radius 3 is 2.03 bits per heavy atom. The minimum absolute atomic E-state index is 0.365. The molecule has 0 aromatic heterocycles. The van der Waals surface area contributed by atoms with Crippen molar-refractivity contribution in [2.75, 3.05) is 14.2 Å². The van der Waals surface area contributed by atoms with Crippen LogP contribution in [0.2, 0.25) is 0 Å². The van der Waals surface area contributed by atoms with E-state index >= 15 is 0 Å². The molecule has 7 nitrogen and oxygen atoms in total. The van der Waals surface area contributed by atoms with Crippen molar-refractivity contribution in [1.82, 2.24) is 0 Å². The first-order chi connectivity index (χ1) is 15.9. The zero-order chi connectivity index (χ0) is 23.4. The zero-order valence-corrected chi connectivity index (χ0v) is 19.6. The Morgan fingerprint density at radius 1 is 0.909 bits per heavy atom. The molecule has 33 heavy (non-hydrogen) atoms. The van der Waals surface area contributed by atoms with Gasteiger partial charge in [-0.25, -0.2) is 0 Å². The number of hydrogen-bond acceptors (Lipinski definition) is 7. The summed E-state index contributed by atoms with van der Waals surface area (Å²) < 4.78 is 41.3. The van der Waals surface area contributed by atoms with Crippen LogP contribution in [-0.4, -0.2) is 50.7 Å². The molecular weight excluding hydrogens is 424 g/mol. The van der Waals surface area contributed by atoms with E-state index in [1.54, 1.807) is 20.3 Å². The quantitative estimate of drug-likeness (QED) is 0.496. The van der Waals surface area contributed by atoms with Crippen molar-refractivity contribution in [3.63, 3.8) is 0 Å². The Hall–Kier alpha value is -2.42. The van der Waals surface area contributed by atoms with Gasteiger partial charge in [0.1, 0.15) is 35.9 Å². The molecule has 5 atom stereocenters. The topological polar surface area (TPSA) is 64.6 Å². The summed E-state index contributed by atoms with van der Waals surface area (Å²) >= 11 is 0. The van der Waals surface area contributed by atoms with Gasteiger partial charge in [-0.2, -0.15) is 0 Å². The molecule has 4 rings (SSSR count). The van der Waals surface area contributed by atoms with Crippen LogP contribution < -0.4 is 9.47 Å². The van der Waals surface area contributed by atoms with Crippen LogP contribution in [0.5, 0.6) is 11.5 Å². The Labute approximate surface area is 195 Å². The molecule has 2 fully saturated rings. The SMILES string of the molecule is C=C[C@H](OCc1ccc(OC)cc1)[C@H]1O[C@@H]2OC(C)(C)O[C@@H]2[C@H]1OCc1ccc(OC)cc1. The second-order valence-electron chi connectivity index (χ2n) is 8.55. The monoisotopic (exact) mass is 456 g/mol. The Balaban J connectivity index is 1.45. The third kappa shape index (κ3) is 5.57. The summed E-state index contributed by atoms with van der Waals surface area (Å²) in [5, 5.41) is 0. The Bertz CT molecular complexity index is 909. The van der Waals surface area contributed by atoms with Gasteiger partial charge in [-0.1, -0.05) is 30.3 Å². The lowest BCUT2D eigenvalue weighted by Gasteiger charge is -2.29. The van der Waals surface area contributed by atoms with Crippen molar-refractivity contribution in [1.29, 1.82) is 0 Å². The fraction of sp³-hybridized carbons (Fsp3) is 0.462. The molecule has 2 aliphatic rings. The van der Waals surface area contributed by atoms with Crippen molar-refractivity contribution in [2.45, 2.75) is 63.6 Å². The third-order valence-electron chi connectivity index (χ3n) is 5.79. The fourth-order valence-corrected chi connectivity index (χ4v) is 4.08. The summed E-state index contributed by atoms with van der Waals surface area (Å²) in [6.07, 6.45) is -0.380. The van der Waals surface area contributed by atoms with E-state index in [9.17, 15) is 0 Å². The van der Waals surface area contributed by atoms with Crippen LogP contribution in [0.4, 0.5) is 0 Å². The van der Waals surface area contributed by atoms with E-state index in [4.69, 9.17) is 33.2 Å².